The number of aromatic nitrogens is 1. The lowest BCUT2D eigenvalue weighted by Gasteiger charge is -2.35. The van der Waals surface area contributed by atoms with Crippen molar-refractivity contribution in [2.75, 3.05) is 13.1 Å². The number of aliphatic hydroxyl groups is 1. The Labute approximate surface area is 89.7 Å². The van der Waals surface area contributed by atoms with Gasteiger partial charge in [0.1, 0.15) is 4.60 Å². The van der Waals surface area contributed by atoms with Gasteiger partial charge in [-0.3, -0.25) is 4.79 Å². The Kier molecular flexibility index (Phi) is 2.52. The number of nitrogens with zero attached hydrogens (tertiary/aromatic N) is 2. The Morgan fingerprint density at radius 1 is 1.64 bits per heavy atom. The topological polar surface area (TPSA) is 53.4 Å². The number of halogens is 1. The van der Waals surface area contributed by atoms with Gasteiger partial charge >= 0.3 is 0 Å². The van der Waals surface area contributed by atoms with E-state index in [1.807, 2.05) is 0 Å². The van der Waals surface area contributed by atoms with E-state index in [1.165, 1.54) is 0 Å². The van der Waals surface area contributed by atoms with Crippen LogP contribution < -0.4 is 0 Å². The Hall–Kier alpha value is -0.940. The molecule has 1 aromatic rings. The van der Waals surface area contributed by atoms with Crippen molar-refractivity contribution in [1.82, 2.24) is 9.88 Å². The lowest BCUT2D eigenvalue weighted by atomic mass is 10.1. The van der Waals surface area contributed by atoms with Gasteiger partial charge in [0.15, 0.2) is 0 Å². The zero-order chi connectivity index (χ0) is 10.1. The molecule has 1 N–H and O–H groups in total. The van der Waals surface area contributed by atoms with E-state index in [-0.39, 0.29) is 12.0 Å². The molecule has 0 radical (unpaired) electrons. The van der Waals surface area contributed by atoms with Crippen LogP contribution in [0.2, 0.25) is 0 Å². The van der Waals surface area contributed by atoms with Gasteiger partial charge in [-0.25, -0.2) is 4.98 Å². The number of hydrogen-bond donors (Lipinski definition) is 1. The van der Waals surface area contributed by atoms with Crippen LogP contribution >= 0.6 is 15.9 Å². The predicted octanol–water partition coefficient (Wildman–Crippen LogP) is 0.661. The molecule has 1 fully saturated rings. The maximum absolute atomic E-state index is 11.7. The van der Waals surface area contributed by atoms with Crippen LogP contribution in [0.1, 0.15) is 10.4 Å². The molecule has 74 valence electrons. The van der Waals surface area contributed by atoms with Gasteiger partial charge in [0, 0.05) is 19.3 Å². The van der Waals surface area contributed by atoms with Crippen LogP contribution in [0, 0.1) is 0 Å². The summed E-state index contributed by atoms with van der Waals surface area (Å²) in [5, 5.41) is 9.06. The Bertz CT molecular complexity index is 364. The van der Waals surface area contributed by atoms with E-state index in [2.05, 4.69) is 20.9 Å². The second kappa shape index (κ2) is 3.67. The van der Waals surface area contributed by atoms with Gasteiger partial charge in [-0.2, -0.15) is 0 Å². The highest BCUT2D eigenvalue weighted by Crippen LogP contribution is 2.18. The SMILES string of the molecule is O=C(c1cccnc1Br)N1CC(O)C1. The van der Waals surface area contributed by atoms with Crippen molar-refractivity contribution in [2.24, 2.45) is 0 Å². The predicted molar refractivity (Wildman–Crippen MR) is 53.8 cm³/mol. The van der Waals surface area contributed by atoms with E-state index >= 15 is 0 Å². The molecule has 0 aromatic carbocycles. The number of aliphatic hydroxyl groups excluding tert-OH is 1. The van der Waals surface area contributed by atoms with Gasteiger partial charge in [-0.05, 0) is 28.1 Å². The molecule has 4 nitrogen and oxygen atoms in total. The molecular formula is C9H9BrN2O2. The molecule has 2 rings (SSSR count). The summed E-state index contributed by atoms with van der Waals surface area (Å²) in [7, 11) is 0. The van der Waals surface area contributed by atoms with E-state index in [9.17, 15) is 4.79 Å². The monoisotopic (exact) mass is 256 g/mol. The minimum Gasteiger partial charge on any atom is -0.389 e. The zero-order valence-electron chi connectivity index (χ0n) is 7.35. The average Bonchev–Trinajstić information content (AvgIpc) is 2.13. The number of amides is 1. The second-order valence-electron chi connectivity index (χ2n) is 3.21. The molecule has 1 aliphatic rings. The van der Waals surface area contributed by atoms with E-state index in [4.69, 9.17) is 5.11 Å². The minimum absolute atomic E-state index is 0.0877. The number of likely N-dealkylation sites (tertiary alicyclic amines) is 1. The molecule has 0 aliphatic carbocycles. The molecule has 1 aliphatic heterocycles. The highest BCUT2D eigenvalue weighted by molar-refractivity contribution is 9.10. The minimum atomic E-state index is -0.366. The smallest absolute Gasteiger partial charge is 0.256 e. The van der Waals surface area contributed by atoms with Crippen molar-refractivity contribution < 1.29 is 9.90 Å². The van der Waals surface area contributed by atoms with Crippen molar-refractivity contribution in [3.63, 3.8) is 0 Å². The van der Waals surface area contributed by atoms with Crippen molar-refractivity contribution >= 4 is 21.8 Å². The van der Waals surface area contributed by atoms with Gasteiger partial charge in [-0.1, -0.05) is 0 Å². The van der Waals surface area contributed by atoms with E-state index in [0.29, 0.717) is 23.3 Å². The summed E-state index contributed by atoms with van der Waals surface area (Å²) in [6, 6.07) is 3.43. The number of rotatable bonds is 1. The number of carbonyl (C=O) groups excluding carboxylic acids is 1. The molecular weight excluding hydrogens is 248 g/mol. The lowest BCUT2D eigenvalue weighted by Crippen LogP contribution is -2.53. The lowest BCUT2D eigenvalue weighted by molar-refractivity contribution is 0.00579. The molecule has 14 heavy (non-hydrogen) atoms. The second-order valence-corrected chi connectivity index (χ2v) is 3.96. The maximum atomic E-state index is 11.7. The number of carbonyl (C=O) groups is 1. The first-order valence-electron chi connectivity index (χ1n) is 4.26. The van der Waals surface area contributed by atoms with Gasteiger partial charge in [0.2, 0.25) is 0 Å². The largest absolute Gasteiger partial charge is 0.389 e. The van der Waals surface area contributed by atoms with Crippen LogP contribution in [-0.4, -0.2) is 40.1 Å². The van der Waals surface area contributed by atoms with Gasteiger partial charge in [-0.15, -0.1) is 0 Å². The van der Waals surface area contributed by atoms with Crippen molar-refractivity contribution in [1.29, 1.82) is 0 Å². The molecule has 0 unspecified atom stereocenters. The van der Waals surface area contributed by atoms with Gasteiger partial charge in [0.25, 0.3) is 5.91 Å². The van der Waals surface area contributed by atoms with Gasteiger partial charge in [0.05, 0.1) is 11.7 Å². The fourth-order valence-corrected chi connectivity index (χ4v) is 1.76. The highest BCUT2D eigenvalue weighted by atomic mass is 79.9. The van der Waals surface area contributed by atoms with E-state index in [1.54, 1.807) is 23.2 Å². The summed E-state index contributed by atoms with van der Waals surface area (Å²) < 4.78 is 0.548. The van der Waals surface area contributed by atoms with Crippen LogP contribution in [0.5, 0.6) is 0 Å². The third-order valence-electron chi connectivity index (χ3n) is 2.14. The molecule has 1 saturated heterocycles. The standard InChI is InChI=1S/C9H9BrN2O2/c10-8-7(2-1-3-11-8)9(14)12-4-6(13)5-12/h1-3,6,13H,4-5H2. The summed E-state index contributed by atoms with van der Waals surface area (Å²) in [4.78, 5) is 17.3. The van der Waals surface area contributed by atoms with Crippen molar-refractivity contribution in [3.05, 3.63) is 28.5 Å². The maximum Gasteiger partial charge on any atom is 0.256 e. The normalized spacial score (nSPS) is 16.6. The first kappa shape index (κ1) is 9.61. The molecule has 0 spiro atoms. The Morgan fingerprint density at radius 2 is 2.36 bits per heavy atom. The fourth-order valence-electron chi connectivity index (χ4n) is 1.34. The Morgan fingerprint density at radius 3 is 2.93 bits per heavy atom. The third kappa shape index (κ3) is 1.65. The summed E-state index contributed by atoms with van der Waals surface area (Å²) in [5.41, 5.74) is 0.541. The fraction of sp³-hybridized carbons (Fsp3) is 0.333. The van der Waals surface area contributed by atoms with Crippen LogP contribution in [-0.2, 0) is 0 Å². The van der Waals surface area contributed by atoms with Crippen molar-refractivity contribution in [3.8, 4) is 0 Å². The number of β-amino-alcohol motifs (C(OH)–C–C–N with tert-alkyl or cyclic N) is 1. The third-order valence-corrected chi connectivity index (χ3v) is 2.77. The first-order chi connectivity index (χ1) is 6.68. The summed E-state index contributed by atoms with van der Waals surface area (Å²) >= 11 is 3.21. The average molecular weight is 257 g/mol. The molecule has 0 saturated carbocycles. The molecule has 0 bridgehead atoms. The van der Waals surface area contributed by atoms with Crippen LogP contribution in [0.3, 0.4) is 0 Å². The number of pyridine rings is 1. The zero-order valence-corrected chi connectivity index (χ0v) is 8.94. The van der Waals surface area contributed by atoms with Gasteiger partial charge < -0.3 is 10.0 Å². The van der Waals surface area contributed by atoms with Crippen LogP contribution in [0.15, 0.2) is 22.9 Å². The molecule has 1 aromatic heterocycles. The van der Waals surface area contributed by atoms with Crippen molar-refractivity contribution in [2.45, 2.75) is 6.10 Å². The summed E-state index contributed by atoms with van der Waals surface area (Å²) in [6.07, 6.45) is 1.25. The molecule has 2 heterocycles. The van der Waals surface area contributed by atoms with Crippen LogP contribution in [0.4, 0.5) is 0 Å². The van der Waals surface area contributed by atoms with E-state index in [0.717, 1.165) is 0 Å². The summed E-state index contributed by atoms with van der Waals surface area (Å²) in [6.45, 7) is 0.834. The summed E-state index contributed by atoms with van der Waals surface area (Å²) in [5.74, 6) is -0.0877. The Balaban J connectivity index is 2.16. The highest BCUT2D eigenvalue weighted by Gasteiger charge is 2.30. The van der Waals surface area contributed by atoms with E-state index < -0.39 is 0 Å². The first-order valence-corrected chi connectivity index (χ1v) is 5.05. The molecule has 0 atom stereocenters. The molecule has 1 amide bonds. The molecule has 5 heteroatoms. The van der Waals surface area contributed by atoms with Crippen LogP contribution in [0.25, 0.3) is 0 Å². The number of hydrogen-bond acceptors (Lipinski definition) is 3. The quantitative estimate of drug-likeness (QED) is 0.752.